The summed E-state index contributed by atoms with van der Waals surface area (Å²) < 4.78 is 0. The maximum absolute atomic E-state index is 15.4. The number of fused-ring (bicyclic) bond motifs is 3. The monoisotopic (exact) mass is 1440 g/mol. The predicted octanol–water partition coefficient (Wildman–Crippen LogP) is -1.46. The Bertz CT molecular complexity index is 4290. The number of benzene rings is 4. The molecule has 0 unspecified atom stereocenters. The van der Waals surface area contributed by atoms with Crippen molar-refractivity contribution in [2.24, 2.45) is 11.7 Å². The van der Waals surface area contributed by atoms with Gasteiger partial charge in [0.2, 0.25) is 65.0 Å². The van der Waals surface area contributed by atoms with Crippen LogP contribution in [0.1, 0.15) is 75.6 Å². The summed E-state index contributed by atoms with van der Waals surface area (Å²) in [5.74, 6) is -11.4. The second-order valence-electron chi connectivity index (χ2n) is 26.5. The molecule has 2 aliphatic rings. The van der Waals surface area contributed by atoms with E-state index in [-0.39, 0.29) is 57.4 Å². The van der Waals surface area contributed by atoms with E-state index in [2.05, 4.69) is 62.8 Å². The lowest BCUT2D eigenvalue weighted by atomic mass is 10.0. The number of carboxylic acid groups (broad SMARTS) is 1. The summed E-state index contributed by atoms with van der Waals surface area (Å²) in [6, 6.07) is 9.97. The van der Waals surface area contributed by atoms with E-state index in [0.717, 1.165) is 0 Å². The van der Waals surface area contributed by atoms with Crippen molar-refractivity contribution in [3.63, 3.8) is 0 Å². The van der Waals surface area contributed by atoms with E-state index in [1.54, 1.807) is 93.1 Å². The minimum Gasteiger partial charge on any atom is -0.508 e. The number of phenols is 1. The number of aromatic hydroxyl groups is 1. The standard InChI is InChI=1S/C72H89N15O17/c1-37(2)60(69(100)78-39(4)72(103)104)85-68(99)58-19-11-25-86(58)71(102)59-20-12-26-87(59)70(101)55(30-43-33-76-51-18-10-7-15-47(43)51)82-63(94)52(27-40-21-23-44(91)24-22-40)80-67(98)57(36-90)84-65(96)54(29-42-32-75-50-17-9-6-14-46(42)50)81-64(95)53(28-41-31-74-49-16-8-5-13-45(41)49)79-61(92)38(3)77-66(97)56(35-89)83-62(93)48(73)34-88/h5-10,13-18,21-24,31-33,37-39,48,52-60,74-76,88-91H,11-12,19-20,25-30,34-36,73H2,1-4H3,(H,77,97)(H,78,100)(H,79,92)(H,80,98)(H,81,95)(H,82,94)(H,83,93)(H,84,96)(H,85,99)(H,103,104)/t38-,39-,48-,52-,53-,54-,55-,56-,57-,58-,59-,60-/m0/s1. The van der Waals surface area contributed by atoms with Gasteiger partial charge in [-0.1, -0.05) is 80.6 Å². The van der Waals surface area contributed by atoms with Crippen molar-refractivity contribution in [1.82, 2.24) is 72.6 Å². The number of phenolic OH excluding ortho intramolecular Hbond substituents is 1. The number of carbonyl (C=O) groups is 12. The predicted molar refractivity (Wildman–Crippen MR) is 378 cm³/mol. The molecule has 32 heteroatoms. The highest BCUT2D eigenvalue weighted by Crippen LogP contribution is 2.29. The molecule has 0 spiro atoms. The number of rotatable bonds is 33. The first-order chi connectivity index (χ1) is 49.8. The van der Waals surface area contributed by atoms with Crippen LogP contribution >= 0.6 is 0 Å². The van der Waals surface area contributed by atoms with Crippen molar-refractivity contribution in [1.29, 1.82) is 0 Å². The Labute approximate surface area is 596 Å². The molecule has 0 saturated carbocycles. The van der Waals surface area contributed by atoms with Crippen LogP contribution in [0.3, 0.4) is 0 Å². The molecule has 9 rings (SSSR count). The lowest BCUT2D eigenvalue weighted by Crippen LogP contribution is -2.62. The van der Waals surface area contributed by atoms with Gasteiger partial charge in [-0.15, -0.1) is 0 Å². The first-order valence-electron chi connectivity index (χ1n) is 34.4. The Balaban J connectivity index is 0.969. The molecule has 2 aliphatic heterocycles. The summed E-state index contributed by atoms with van der Waals surface area (Å²) in [6.45, 7) is 3.31. The van der Waals surface area contributed by atoms with Crippen molar-refractivity contribution in [2.75, 3.05) is 32.9 Å². The highest BCUT2D eigenvalue weighted by Gasteiger charge is 2.45. The van der Waals surface area contributed by atoms with Crippen molar-refractivity contribution in [3.05, 3.63) is 138 Å². The molecule has 0 bridgehead atoms. The molecule has 0 radical (unpaired) electrons. The van der Waals surface area contributed by atoms with Gasteiger partial charge in [0.25, 0.3) is 0 Å². The number of aromatic amines is 3. The summed E-state index contributed by atoms with van der Waals surface area (Å²) >= 11 is 0. The first-order valence-corrected chi connectivity index (χ1v) is 34.4. The van der Waals surface area contributed by atoms with Crippen LogP contribution in [0.15, 0.2) is 116 Å². The molecular formula is C72H89N15O17. The number of nitrogens with one attached hydrogen (secondary N) is 12. The number of hydrogen-bond acceptors (Lipinski definition) is 17. The number of amides is 11. The highest BCUT2D eigenvalue weighted by molar-refractivity contribution is 6.01. The average Bonchev–Trinajstić information content (AvgIpc) is 1.62. The molecule has 32 nitrogen and oxygen atoms in total. The van der Waals surface area contributed by atoms with Crippen LogP contribution in [0.2, 0.25) is 0 Å². The maximum atomic E-state index is 15.4. The van der Waals surface area contributed by atoms with E-state index in [9.17, 15) is 63.9 Å². The third-order valence-electron chi connectivity index (χ3n) is 18.7. The number of likely N-dealkylation sites (tertiary alicyclic amines) is 2. The minimum absolute atomic E-state index is 0.0584. The highest BCUT2D eigenvalue weighted by atomic mass is 16.4. The Kier molecular flexibility index (Phi) is 26.0. The second-order valence-corrected chi connectivity index (χ2v) is 26.5. The van der Waals surface area contributed by atoms with E-state index in [1.807, 2.05) is 12.1 Å². The van der Waals surface area contributed by atoms with Crippen molar-refractivity contribution >= 4 is 104 Å². The molecule has 4 aromatic carbocycles. The number of carboxylic acids is 1. The van der Waals surface area contributed by atoms with Crippen LogP contribution in [0.5, 0.6) is 5.75 Å². The third-order valence-corrected chi connectivity index (χ3v) is 18.7. The van der Waals surface area contributed by atoms with E-state index in [1.165, 1.54) is 47.9 Å². The normalized spacial score (nSPS) is 17.3. The van der Waals surface area contributed by atoms with Crippen LogP contribution in [-0.4, -0.2) is 227 Å². The van der Waals surface area contributed by atoms with Crippen LogP contribution in [0, 0.1) is 5.92 Å². The van der Waals surface area contributed by atoms with E-state index < -0.39 is 169 Å². The van der Waals surface area contributed by atoms with Gasteiger partial charge in [-0.25, -0.2) is 0 Å². The van der Waals surface area contributed by atoms with Crippen molar-refractivity contribution in [3.8, 4) is 5.75 Å². The lowest BCUT2D eigenvalue weighted by molar-refractivity contribution is -0.148. The zero-order valence-corrected chi connectivity index (χ0v) is 57.8. The quantitative estimate of drug-likeness (QED) is 0.0223. The van der Waals surface area contributed by atoms with Gasteiger partial charge in [0.1, 0.15) is 78.3 Å². The molecule has 5 heterocycles. The van der Waals surface area contributed by atoms with Gasteiger partial charge in [0.15, 0.2) is 0 Å². The van der Waals surface area contributed by atoms with Crippen LogP contribution < -0.4 is 53.6 Å². The fourth-order valence-corrected chi connectivity index (χ4v) is 12.9. The molecule has 104 heavy (non-hydrogen) atoms. The number of aliphatic hydroxyl groups is 3. The Morgan fingerprint density at radius 3 is 1.34 bits per heavy atom. The molecular weight excluding hydrogens is 1350 g/mol. The SMILES string of the molecule is CC(C)[C@H](NC(=O)[C@@H]1CCCN1C(=O)[C@@H]1CCCN1C(=O)[C@H](Cc1c[nH]c2ccccc12)NC(=O)[C@H](Cc1ccc(O)cc1)NC(=O)[C@H](CO)NC(=O)[C@H](Cc1c[nH]c2ccccc12)NC(=O)[C@H](Cc1c[nH]c2ccccc12)NC(=O)[C@H](C)NC(=O)[C@H](CO)NC(=O)[C@@H](N)CO)C(=O)N[C@@H](C)C(=O)O. The summed E-state index contributed by atoms with van der Waals surface area (Å²) in [6.07, 6.45) is 5.12. The van der Waals surface area contributed by atoms with Gasteiger partial charge in [-0.3, -0.25) is 57.5 Å². The maximum Gasteiger partial charge on any atom is 0.325 e. The largest absolute Gasteiger partial charge is 0.508 e. The molecule has 2 saturated heterocycles. The molecule has 7 aromatic rings. The van der Waals surface area contributed by atoms with Gasteiger partial charge in [0, 0.05) is 90.1 Å². The molecule has 11 amide bonds. The zero-order chi connectivity index (χ0) is 75.1. The van der Waals surface area contributed by atoms with E-state index >= 15 is 19.2 Å². The first kappa shape index (κ1) is 76.9. The topological polar surface area (TPSA) is 494 Å². The summed E-state index contributed by atoms with van der Waals surface area (Å²) in [5.41, 5.74) is 9.65. The number of aliphatic carboxylic acids is 1. The minimum atomic E-state index is -1.86. The number of nitrogens with two attached hydrogens (primary N) is 1. The van der Waals surface area contributed by atoms with Gasteiger partial charge in [-0.2, -0.15) is 0 Å². The Morgan fingerprint density at radius 1 is 0.452 bits per heavy atom. The zero-order valence-electron chi connectivity index (χ0n) is 57.8. The van der Waals surface area contributed by atoms with Crippen LogP contribution in [-0.2, 0) is 83.2 Å². The lowest BCUT2D eigenvalue weighted by Gasteiger charge is -2.34. The summed E-state index contributed by atoms with van der Waals surface area (Å²) in [4.78, 5) is 181. The smallest absolute Gasteiger partial charge is 0.325 e. The van der Waals surface area contributed by atoms with E-state index in [4.69, 9.17) is 5.73 Å². The van der Waals surface area contributed by atoms with Gasteiger partial charge >= 0.3 is 5.97 Å². The number of para-hydroxylation sites is 3. The molecule has 19 N–H and O–H groups in total. The van der Waals surface area contributed by atoms with Crippen LogP contribution in [0.4, 0.5) is 0 Å². The number of aliphatic hydroxyl groups excluding tert-OH is 3. The molecule has 0 aliphatic carbocycles. The second kappa shape index (κ2) is 35.1. The Hall–Kier alpha value is -11.2. The van der Waals surface area contributed by atoms with Crippen molar-refractivity contribution in [2.45, 2.75) is 152 Å². The van der Waals surface area contributed by atoms with Crippen LogP contribution in [0.25, 0.3) is 32.7 Å². The fourth-order valence-electron chi connectivity index (χ4n) is 12.9. The molecule has 12 atom stereocenters. The van der Waals surface area contributed by atoms with Gasteiger partial charge in [-0.05, 0) is 98.0 Å². The van der Waals surface area contributed by atoms with Gasteiger partial charge < -0.3 is 104 Å². The summed E-state index contributed by atoms with van der Waals surface area (Å²) in [7, 11) is 0. The fraction of sp³-hybridized carbons (Fsp3) is 0.417. The number of nitrogens with zero attached hydrogens (tertiary/aromatic N) is 2. The molecule has 554 valence electrons. The number of hydrogen-bond donors (Lipinski definition) is 18. The third kappa shape index (κ3) is 18.9. The van der Waals surface area contributed by atoms with E-state index in [0.29, 0.717) is 67.8 Å². The number of carbonyl (C=O) groups excluding carboxylic acids is 11. The van der Waals surface area contributed by atoms with Crippen molar-refractivity contribution < 1.29 is 83.1 Å². The molecule has 2 fully saturated rings. The summed E-state index contributed by atoms with van der Waals surface area (Å²) in [5, 5.41) is 75.2. The number of H-pyrrole nitrogens is 3. The number of aromatic nitrogens is 3. The van der Waals surface area contributed by atoms with Gasteiger partial charge in [0.05, 0.1) is 19.8 Å². The average molecular weight is 1440 g/mol. The Morgan fingerprint density at radius 2 is 0.856 bits per heavy atom. The molecule has 3 aromatic heterocycles.